The van der Waals surface area contributed by atoms with E-state index in [0.717, 1.165) is 21.9 Å². The van der Waals surface area contributed by atoms with Gasteiger partial charge in [-0.05, 0) is 37.6 Å². The van der Waals surface area contributed by atoms with Gasteiger partial charge in [-0.3, -0.25) is 4.79 Å². The third kappa shape index (κ3) is 4.16. The molecule has 28 heavy (non-hydrogen) atoms. The number of hydrogen-bond donors (Lipinski definition) is 1. The van der Waals surface area contributed by atoms with Gasteiger partial charge in [0.1, 0.15) is 6.61 Å². The minimum atomic E-state index is -0.712. The van der Waals surface area contributed by atoms with Crippen LogP contribution in [0, 0.1) is 13.8 Å². The van der Waals surface area contributed by atoms with Crippen molar-refractivity contribution < 1.29 is 23.8 Å². The molecule has 0 unspecified atom stereocenters. The highest BCUT2D eigenvalue weighted by Crippen LogP contribution is 2.38. The third-order valence-corrected chi connectivity index (χ3v) is 4.41. The molecule has 1 aromatic carbocycles. The van der Waals surface area contributed by atoms with Gasteiger partial charge >= 0.3 is 6.09 Å². The van der Waals surface area contributed by atoms with Gasteiger partial charge < -0.3 is 19.2 Å². The summed E-state index contributed by atoms with van der Waals surface area (Å²) in [7, 11) is 1.58. The fraction of sp³-hybridized carbons (Fsp3) is 0.333. The normalized spacial score (nSPS) is 14.6. The Bertz CT molecular complexity index is 900. The zero-order valence-corrected chi connectivity index (χ0v) is 16.3. The predicted octanol–water partition coefficient (Wildman–Crippen LogP) is 3.32. The highest BCUT2D eigenvalue weighted by atomic mass is 16.6. The largest absolute Gasteiger partial charge is 0.446 e. The van der Waals surface area contributed by atoms with E-state index in [1.165, 1.54) is 0 Å². The molecule has 7 heteroatoms. The number of aryl methyl sites for hydroxylation is 2. The summed E-state index contributed by atoms with van der Waals surface area (Å²) >= 11 is 0. The van der Waals surface area contributed by atoms with E-state index in [4.69, 9.17) is 14.2 Å². The van der Waals surface area contributed by atoms with Gasteiger partial charge in [0.25, 0.3) is 5.91 Å². The van der Waals surface area contributed by atoms with Crippen LogP contribution in [-0.4, -0.2) is 50.5 Å². The number of carbonyl (C=O) groups excluding carboxylic acids is 2. The smallest absolute Gasteiger partial charge is 0.421 e. The Kier molecular flexibility index (Phi) is 6.28. The predicted molar refractivity (Wildman–Crippen MR) is 106 cm³/mol. The number of nitrogens with zero attached hydrogens (tertiary/aromatic N) is 1. The van der Waals surface area contributed by atoms with Crippen molar-refractivity contribution in [2.24, 2.45) is 0 Å². The molecule has 3 rings (SSSR count). The highest BCUT2D eigenvalue weighted by molar-refractivity contribution is 6.41. The minimum absolute atomic E-state index is 0.0580. The highest BCUT2D eigenvalue weighted by Gasteiger charge is 2.37. The van der Waals surface area contributed by atoms with E-state index in [1.54, 1.807) is 25.3 Å². The first-order chi connectivity index (χ1) is 13.5. The first-order valence-corrected chi connectivity index (χ1v) is 9.08. The monoisotopic (exact) mass is 384 g/mol. The molecule has 2 aromatic rings. The minimum Gasteiger partial charge on any atom is -0.446 e. The molecule has 1 N–H and O–H groups in total. The Morgan fingerprint density at radius 2 is 1.89 bits per heavy atom. The lowest BCUT2D eigenvalue weighted by molar-refractivity contribution is -0.112. The molecule has 0 aliphatic carbocycles. The summed E-state index contributed by atoms with van der Waals surface area (Å²) in [6.07, 6.45) is 1.07. The fourth-order valence-electron chi connectivity index (χ4n) is 3.10. The van der Waals surface area contributed by atoms with Gasteiger partial charge in [-0.25, -0.2) is 9.69 Å². The molecule has 1 aromatic heterocycles. The molecule has 1 aliphatic heterocycles. The Morgan fingerprint density at radius 1 is 1.14 bits per heavy atom. The molecule has 0 bridgehead atoms. The van der Waals surface area contributed by atoms with Crippen LogP contribution in [0.1, 0.15) is 22.5 Å². The number of para-hydroxylation sites is 1. The number of anilines is 1. The maximum absolute atomic E-state index is 13.0. The summed E-state index contributed by atoms with van der Waals surface area (Å²) in [4.78, 5) is 29.8. The van der Waals surface area contributed by atoms with Gasteiger partial charge in [0.15, 0.2) is 0 Å². The topological polar surface area (TPSA) is 80.9 Å². The van der Waals surface area contributed by atoms with E-state index >= 15 is 0 Å². The van der Waals surface area contributed by atoms with E-state index in [9.17, 15) is 9.59 Å². The van der Waals surface area contributed by atoms with Crippen molar-refractivity contribution in [3.05, 3.63) is 52.8 Å². The third-order valence-electron chi connectivity index (χ3n) is 4.41. The number of ether oxygens (including phenoxy) is 3. The molecule has 1 aliphatic rings. The van der Waals surface area contributed by atoms with Gasteiger partial charge in [0, 0.05) is 24.1 Å². The maximum atomic E-state index is 13.0. The van der Waals surface area contributed by atoms with Crippen molar-refractivity contribution in [1.82, 2.24) is 4.98 Å². The van der Waals surface area contributed by atoms with Crippen molar-refractivity contribution in [3.63, 3.8) is 0 Å². The molecule has 0 saturated carbocycles. The lowest BCUT2D eigenvalue weighted by Crippen LogP contribution is -2.34. The maximum Gasteiger partial charge on any atom is 0.421 e. The summed E-state index contributed by atoms with van der Waals surface area (Å²) in [5.74, 6) is -0.404. The number of carbonyl (C=O) groups is 2. The van der Waals surface area contributed by atoms with Gasteiger partial charge in [0.2, 0.25) is 0 Å². The summed E-state index contributed by atoms with van der Waals surface area (Å²) < 4.78 is 15.4. The van der Waals surface area contributed by atoms with E-state index in [-0.39, 0.29) is 13.2 Å². The molecule has 0 spiro atoms. The SMILES string of the molecule is COCCOCCOC(=O)N1C(=O)/C(=C\c2[nH]c(C)cc2C)c2ccccc21. The van der Waals surface area contributed by atoms with Crippen LogP contribution in [0.15, 0.2) is 30.3 Å². The number of H-pyrrole nitrogens is 1. The number of fused-ring (bicyclic) bond motifs is 1. The second-order valence-electron chi connectivity index (χ2n) is 6.48. The summed E-state index contributed by atoms with van der Waals surface area (Å²) in [5, 5.41) is 0. The number of rotatable bonds is 7. The molecular formula is C21H24N2O5. The molecule has 148 valence electrons. The van der Waals surface area contributed by atoms with E-state index in [2.05, 4.69) is 4.98 Å². The zero-order chi connectivity index (χ0) is 20.1. The Hall–Kier alpha value is -2.90. The van der Waals surface area contributed by atoms with Crippen LogP contribution >= 0.6 is 0 Å². The van der Waals surface area contributed by atoms with Gasteiger partial charge in [-0.15, -0.1) is 0 Å². The van der Waals surface area contributed by atoms with Crippen LogP contribution in [0.25, 0.3) is 11.6 Å². The average Bonchev–Trinajstić information content (AvgIpc) is 3.14. The molecule has 0 saturated heterocycles. The first-order valence-electron chi connectivity index (χ1n) is 9.08. The number of aromatic amines is 1. The number of amides is 2. The Labute approximate surface area is 163 Å². The summed E-state index contributed by atoms with van der Waals surface area (Å²) in [6, 6.07) is 9.19. The molecule has 2 amide bonds. The number of imide groups is 1. The number of aromatic nitrogens is 1. The van der Waals surface area contributed by atoms with Crippen LogP contribution in [-0.2, 0) is 19.0 Å². The lowest BCUT2D eigenvalue weighted by Gasteiger charge is -2.15. The van der Waals surface area contributed by atoms with E-state index in [1.807, 2.05) is 32.0 Å². The Balaban J connectivity index is 1.77. The van der Waals surface area contributed by atoms with Crippen molar-refractivity contribution in [1.29, 1.82) is 0 Å². The van der Waals surface area contributed by atoms with E-state index < -0.39 is 12.0 Å². The average molecular weight is 384 g/mol. The molecule has 0 atom stereocenters. The van der Waals surface area contributed by atoms with Crippen LogP contribution in [0.5, 0.6) is 0 Å². The number of methoxy groups -OCH3 is 1. The van der Waals surface area contributed by atoms with Crippen LogP contribution < -0.4 is 4.90 Å². The molecule has 0 radical (unpaired) electrons. The molecular weight excluding hydrogens is 360 g/mol. The lowest BCUT2D eigenvalue weighted by atomic mass is 10.1. The van der Waals surface area contributed by atoms with E-state index in [0.29, 0.717) is 30.0 Å². The van der Waals surface area contributed by atoms with Gasteiger partial charge in [-0.2, -0.15) is 0 Å². The Morgan fingerprint density at radius 3 is 2.61 bits per heavy atom. The van der Waals surface area contributed by atoms with Crippen LogP contribution in [0.2, 0.25) is 0 Å². The summed E-state index contributed by atoms with van der Waals surface area (Å²) in [6.45, 7) is 5.11. The molecule has 2 heterocycles. The number of benzene rings is 1. The van der Waals surface area contributed by atoms with Gasteiger partial charge in [-0.1, -0.05) is 18.2 Å². The first kappa shape index (κ1) is 19.9. The standard InChI is InChI=1S/C21H24N2O5/c1-14-12-15(2)22-18(14)13-17-16-6-4-5-7-19(16)23(20(17)24)21(25)28-11-10-27-9-8-26-3/h4-7,12-13,22H,8-11H2,1-3H3/b17-13-. The zero-order valence-electron chi connectivity index (χ0n) is 16.3. The quantitative estimate of drug-likeness (QED) is 0.585. The number of nitrogens with one attached hydrogen (secondary N) is 1. The fourth-order valence-corrected chi connectivity index (χ4v) is 3.10. The van der Waals surface area contributed by atoms with Gasteiger partial charge in [0.05, 0.1) is 31.1 Å². The second kappa shape index (κ2) is 8.86. The van der Waals surface area contributed by atoms with Crippen LogP contribution in [0.3, 0.4) is 0 Å². The number of hydrogen-bond acceptors (Lipinski definition) is 5. The van der Waals surface area contributed by atoms with Crippen molar-refractivity contribution >= 4 is 29.3 Å². The van der Waals surface area contributed by atoms with Crippen LogP contribution in [0.4, 0.5) is 10.5 Å². The second-order valence-corrected chi connectivity index (χ2v) is 6.48. The van der Waals surface area contributed by atoms with Crippen molar-refractivity contribution in [2.45, 2.75) is 13.8 Å². The summed E-state index contributed by atoms with van der Waals surface area (Å²) in [5.41, 5.74) is 4.56. The van der Waals surface area contributed by atoms with Crippen molar-refractivity contribution in [2.75, 3.05) is 38.4 Å². The van der Waals surface area contributed by atoms with Crippen molar-refractivity contribution in [3.8, 4) is 0 Å². The molecule has 7 nitrogen and oxygen atoms in total. The molecule has 0 fully saturated rings.